The fraction of sp³-hybridized carbons (Fsp3) is 0.500. The van der Waals surface area contributed by atoms with E-state index >= 15 is 0 Å². The van der Waals surface area contributed by atoms with Crippen LogP contribution >= 0.6 is 0 Å². The van der Waals surface area contributed by atoms with Gasteiger partial charge in [0.1, 0.15) is 0 Å². The highest BCUT2D eigenvalue weighted by Gasteiger charge is 2.21. The molecule has 0 aromatic heterocycles. The van der Waals surface area contributed by atoms with E-state index in [0.717, 1.165) is 11.5 Å². The maximum absolute atomic E-state index is 11.5. The summed E-state index contributed by atoms with van der Waals surface area (Å²) in [4.78, 5) is 11.5. The van der Waals surface area contributed by atoms with Crippen LogP contribution in [0.3, 0.4) is 0 Å². The van der Waals surface area contributed by atoms with Gasteiger partial charge in [-0.15, -0.1) is 0 Å². The number of rotatable bonds is 5. The molecule has 1 heteroatoms. The Balaban J connectivity index is 1.96. The van der Waals surface area contributed by atoms with E-state index in [1.165, 1.54) is 50.2 Å². The zero-order valence-electron chi connectivity index (χ0n) is 11.9. The van der Waals surface area contributed by atoms with Crippen LogP contribution in [0.2, 0.25) is 0 Å². The highest BCUT2D eigenvalue weighted by molar-refractivity contribution is 6.04. The Morgan fingerprint density at radius 1 is 1.21 bits per heavy atom. The molecule has 1 nitrogen and oxygen atoms in total. The summed E-state index contributed by atoms with van der Waals surface area (Å²) < 4.78 is 0. The molecule has 19 heavy (non-hydrogen) atoms. The van der Waals surface area contributed by atoms with Gasteiger partial charge in [-0.25, -0.2) is 0 Å². The molecule has 1 aliphatic rings. The molecule has 0 amide bonds. The summed E-state index contributed by atoms with van der Waals surface area (Å²) in [6.07, 6.45) is 9.43. The zero-order chi connectivity index (χ0) is 13.7. The van der Waals surface area contributed by atoms with Crippen LogP contribution in [0.4, 0.5) is 0 Å². The fourth-order valence-corrected chi connectivity index (χ4v) is 3.23. The molecule has 0 atom stereocenters. The molecule has 0 radical (unpaired) electrons. The van der Waals surface area contributed by atoms with Gasteiger partial charge in [-0.2, -0.15) is 0 Å². The topological polar surface area (TPSA) is 17.1 Å². The van der Waals surface area contributed by atoms with Crippen LogP contribution in [0.15, 0.2) is 36.9 Å². The number of hydrogen-bond donors (Lipinski definition) is 0. The molecular weight excluding hydrogens is 232 g/mol. The minimum absolute atomic E-state index is 0.0122. The summed E-state index contributed by atoms with van der Waals surface area (Å²) in [5.74, 6) is 1.65. The Hall–Kier alpha value is -1.37. The standard InChI is InChI=1S/C18H24O/c1-3-5-14-6-8-15(9-7-14)16-10-12-17(13-11-16)18(19)4-2/h4,10-15H,2-3,5-9H2,1H3. The van der Waals surface area contributed by atoms with E-state index in [1.54, 1.807) is 0 Å². The van der Waals surface area contributed by atoms with Gasteiger partial charge in [0, 0.05) is 5.56 Å². The van der Waals surface area contributed by atoms with E-state index in [1.807, 2.05) is 12.1 Å². The van der Waals surface area contributed by atoms with Crippen molar-refractivity contribution in [1.29, 1.82) is 0 Å². The van der Waals surface area contributed by atoms with E-state index in [-0.39, 0.29) is 5.78 Å². The third-order valence-corrected chi connectivity index (χ3v) is 4.40. The molecule has 0 aliphatic heterocycles. The zero-order valence-corrected chi connectivity index (χ0v) is 11.9. The number of hydrogen-bond acceptors (Lipinski definition) is 1. The first-order valence-corrected chi connectivity index (χ1v) is 7.51. The van der Waals surface area contributed by atoms with E-state index in [4.69, 9.17) is 0 Å². The van der Waals surface area contributed by atoms with Crippen molar-refractivity contribution in [2.75, 3.05) is 0 Å². The van der Waals surface area contributed by atoms with Crippen molar-refractivity contribution in [3.05, 3.63) is 48.0 Å². The van der Waals surface area contributed by atoms with Crippen molar-refractivity contribution in [3.63, 3.8) is 0 Å². The SMILES string of the molecule is C=CC(=O)c1ccc(C2CCC(CCC)CC2)cc1. The summed E-state index contributed by atoms with van der Waals surface area (Å²) in [5, 5.41) is 0. The average molecular weight is 256 g/mol. The largest absolute Gasteiger partial charge is 0.289 e. The molecule has 1 aromatic carbocycles. The van der Waals surface area contributed by atoms with Crippen molar-refractivity contribution < 1.29 is 4.79 Å². The van der Waals surface area contributed by atoms with E-state index in [2.05, 4.69) is 25.6 Å². The predicted molar refractivity (Wildman–Crippen MR) is 80.6 cm³/mol. The first-order valence-electron chi connectivity index (χ1n) is 7.51. The quantitative estimate of drug-likeness (QED) is 0.527. The number of benzene rings is 1. The number of carbonyl (C=O) groups excluding carboxylic acids is 1. The molecular formula is C18H24O. The molecule has 0 N–H and O–H groups in total. The second-order valence-corrected chi connectivity index (χ2v) is 5.70. The maximum atomic E-state index is 11.5. The summed E-state index contributed by atoms with van der Waals surface area (Å²) in [5.41, 5.74) is 2.15. The molecule has 0 bridgehead atoms. The van der Waals surface area contributed by atoms with Crippen molar-refractivity contribution in [2.45, 2.75) is 51.4 Å². The third kappa shape index (κ3) is 3.56. The second kappa shape index (κ2) is 6.70. The smallest absolute Gasteiger partial charge is 0.185 e. The van der Waals surface area contributed by atoms with Crippen LogP contribution in [-0.2, 0) is 0 Å². The normalized spacial score (nSPS) is 23.0. The van der Waals surface area contributed by atoms with E-state index in [0.29, 0.717) is 5.92 Å². The van der Waals surface area contributed by atoms with Gasteiger partial charge in [-0.3, -0.25) is 4.79 Å². The van der Waals surface area contributed by atoms with Gasteiger partial charge in [0.2, 0.25) is 0 Å². The Morgan fingerprint density at radius 3 is 2.37 bits per heavy atom. The summed E-state index contributed by atoms with van der Waals surface area (Å²) in [7, 11) is 0. The van der Waals surface area contributed by atoms with Gasteiger partial charge >= 0.3 is 0 Å². The molecule has 0 saturated heterocycles. The minimum Gasteiger partial charge on any atom is -0.289 e. The molecule has 1 fully saturated rings. The van der Waals surface area contributed by atoms with Gasteiger partial charge in [-0.05, 0) is 49.2 Å². The van der Waals surface area contributed by atoms with Crippen molar-refractivity contribution in [1.82, 2.24) is 0 Å². The van der Waals surface area contributed by atoms with Crippen LogP contribution in [-0.4, -0.2) is 5.78 Å². The molecule has 0 spiro atoms. The highest BCUT2D eigenvalue weighted by atomic mass is 16.1. The first kappa shape index (κ1) is 14.0. The minimum atomic E-state index is 0.0122. The molecule has 1 aliphatic carbocycles. The lowest BCUT2D eigenvalue weighted by molar-refractivity contribution is 0.104. The first-order chi connectivity index (χ1) is 9.24. The second-order valence-electron chi connectivity index (χ2n) is 5.70. The third-order valence-electron chi connectivity index (χ3n) is 4.40. The highest BCUT2D eigenvalue weighted by Crippen LogP contribution is 2.37. The molecule has 102 valence electrons. The Morgan fingerprint density at radius 2 is 1.84 bits per heavy atom. The van der Waals surface area contributed by atoms with E-state index < -0.39 is 0 Å². The molecule has 1 saturated carbocycles. The molecule has 1 aromatic rings. The van der Waals surface area contributed by atoms with Gasteiger partial charge in [0.05, 0.1) is 0 Å². The lowest BCUT2D eigenvalue weighted by Gasteiger charge is -2.28. The van der Waals surface area contributed by atoms with Crippen LogP contribution in [0.5, 0.6) is 0 Å². The van der Waals surface area contributed by atoms with Crippen LogP contribution in [0, 0.1) is 5.92 Å². The summed E-state index contributed by atoms with van der Waals surface area (Å²) >= 11 is 0. The fourth-order valence-electron chi connectivity index (χ4n) is 3.23. The monoisotopic (exact) mass is 256 g/mol. The van der Waals surface area contributed by atoms with Crippen molar-refractivity contribution >= 4 is 5.78 Å². The number of carbonyl (C=O) groups is 1. The molecule has 0 unspecified atom stereocenters. The van der Waals surface area contributed by atoms with Crippen LogP contribution in [0.1, 0.15) is 67.3 Å². The lowest BCUT2D eigenvalue weighted by atomic mass is 9.77. The van der Waals surface area contributed by atoms with Crippen molar-refractivity contribution in [2.24, 2.45) is 5.92 Å². The van der Waals surface area contributed by atoms with Gasteiger partial charge in [0.15, 0.2) is 5.78 Å². The van der Waals surface area contributed by atoms with Gasteiger partial charge < -0.3 is 0 Å². The van der Waals surface area contributed by atoms with Crippen molar-refractivity contribution in [3.8, 4) is 0 Å². The molecule has 0 heterocycles. The summed E-state index contributed by atoms with van der Waals surface area (Å²) in [6.45, 7) is 5.80. The van der Waals surface area contributed by atoms with Crippen LogP contribution in [0.25, 0.3) is 0 Å². The average Bonchev–Trinajstić information content (AvgIpc) is 2.48. The van der Waals surface area contributed by atoms with E-state index in [9.17, 15) is 4.79 Å². The Bertz CT molecular complexity index is 422. The number of allylic oxidation sites excluding steroid dienone is 1. The van der Waals surface area contributed by atoms with Gasteiger partial charge in [0.25, 0.3) is 0 Å². The lowest BCUT2D eigenvalue weighted by Crippen LogP contribution is -2.13. The summed E-state index contributed by atoms with van der Waals surface area (Å²) in [6, 6.07) is 8.14. The van der Waals surface area contributed by atoms with Crippen LogP contribution < -0.4 is 0 Å². The van der Waals surface area contributed by atoms with Gasteiger partial charge in [-0.1, -0.05) is 50.6 Å². The molecule has 2 rings (SSSR count). The number of ketones is 1. The Labute approximate surface area is 116 Å². The Kier molecular flexibility index (Phi) is 4.95. The predicted octanol–water partition coefficient (Wildman–Crippen LogP) is 5.13. The maximum Gasteiger partial charge on any atom is 0.185 e.